The molecule has 0 radical (unpaired) electrons. The average Bonchev–Trinajstić information content (AvgIpc) is 2.37. The maximum Gasteiger partial charge on any atom is 0.0774 e. The Bertz CT molecular complexity index is 186. The Morgan fingerprint density at radius 1 is 1.45 bits per heavy atom. The van der Waals surface area contributed by atoms with E-state index in [9.17, 15) is 0 Å². The maximum atomic E-state index is 8.56. The van der Waals surface area contributed by atoms with Crippen molar-refractivity contribution < 1.29 is 5.11 Å². The van der Waals surface area contributed by atoms with Crippen LogP contribution < -0.4 is 5.32 Å². The summed E-state index contributed by atoms with van der Waals surface area (Å²) in [6, 6.07) is 3.95. The zero-order chi connectivity index (χ0) is 8.69. The summed E-state index contributed by atoms with van der Waals surface area (Å²) in [5, 5.41) is 11.3. The fourth-order valence-corrected chi connectivity index (χ4v) is 1.32. The highest BCUT2D eigenvalue weighted by atomic mass is 32.1. The average molecular weight is 173 g/mol. The fourth-order valence-electron chi connectivity index (χ4n) is 0.570. The Hall–Kier alpha value is -0.380. The minimum absolute atomic E-state index is 0.179. The van der Waals surface area contributed by atoms with Gasteiger partial charge in [-0.3, -0.25) is 0 Å². The summed E-state index contributed by atoms with van der Waals surface area (Å²) in [7, 11) is 3.75. The number of aliphatic hydroxyl groups excluding tert-OH is 1. The molecule has 1 aromatic rings. The second kappa shape index (κ2) is 6.34. The van der Waals surface area contributed by atoms with Crippen molar-refractivity contribution in [2.24, 2.45) is 0 Å². The minimum atomic E-state index is 0.179. The van der Waals surface area contributed by atoms with Crippen LogP contribution in [0, 0.1) is 6.92 Å². The number of rotatable bonds is 1. The molecule has 1 rings (SSSR count). The normalized spacial score (nSPS) is 8.73. The molecule has 0 unspecified atom stereocenters. The van der Waals surface area contributed by atoms with Crippen LogP contribution in [0.3, 0.4) is 0 Å². The Morgan fingerprint density at radius 3 is 2.18 bits per heavy atom. The highest BCUT2D eigenvalue weighted by Gasteiger charge is 1.90. The van der Waals surface area contributed by atoms with Crippen LogP contribution in [0.4, 0.5) is 0 Å². The van der Waals surface area contributed by atoms with Crippen LogP contribution in [0.5, 0.6) is 0 Å². The molecule has 3 heteroatoms. The molecule has 1 aromatic heterocycles. The molecule has 2 nitrogen and oxygen atoms in total. The fraction of sp³-hybridized carbons (Fsp3) is 0.500. The first-order valence-corrected chi connectivity index (χ1v) is 4.31. The molecule has 64 valence electrons. The van der Waals surface area contributed by atoms with Gasteiger partial charge in [-0.1, -0.05) is 0 Å². The number of thiophene rings is 1. The first-order chi connectivity index (χ1) is 5.24. The van der Waals surface area contributed by atoms with Crippen molar-refractivity contribution in [3.05, 3.63) is 21.9 Å². The van der Waals surface area contributed by atoms with E-state index >= 15 is 0 Å². The number of hydrogen-bond acceptors (Lipinski definition) is 3. The van der Waals surface area contributed by atoms with Crippen LogP contribution in [0.2, 0.25) is 0 Å². The van der Waals surface area contributed by atoms with E-state index in [1.54, 1.807) is 11.3 Å². The molecular weight excluding hydrogens is 158 g/mol. The van der Waals surface area contributed by atoms with E-state index in [2.05, 4.69) is 5.32 Å². The van der Waals surface area contributed by atoms with Crippen molar-refractivity contribution in [2.75, 3.05) is 14.1 Å². The SMILES string of the molecule is CNC.Cc1ccc(CO)s1. The molecule has 0 bridgehead atoms. The number of aryl methyl sites for hydroxylation is 1. The van der Waals surface area contributed by atoms with E-state index in [-0.39, 0.29) is 6.61 Å². The van der Waals surface area contributed by atoms with Gasteiger partial charge in [0.05, 0.1) is 6.61 Å². The maximum absolute atomic E-state index is 8.56. The second-order valence-electron chi connectivity index (χ2n) is 2.17. The first kappa shape index (κ1) is 10.6. The van der Waals surface area contributed by atoms with Crippen LogP contribution in [-0.2, 0) is 6.61 Å². The van der Waals surface area contributed by atoms with Crippen LogP contribution in [-0.4, -0.2) is 19.2 Å². The molecule has 0 saturated carbocycles. The zero-order valence-corrected chi connectivity index (χ0v) is 8.03. The van der Waals surface area contributed by atoms with Crippen LogP contribution in [0.15, 0.2) is 12.1 Å². The highest BCUT2D eigenvalue weighted by Crippen LogP contribution is 2.13. The van der Waals surface area contributed by atoms with Gasteiger partial charge in [0, 0.05) is 9.75 Å². The molecule has 1 heterocycles. The van der Waals surface area contributed by atoms with E-state index in [0.717, 1.165) is 4.88 Å². The van der Waals surface area contributed by atoms with Crippen molar-refractivity contribution in [3.8, 4) is 0 Å². The van der Waals surface area contributed by atoms with Gasteiger partial charge in [0.25, 0.3) is 0 Å². The zero-order valence-electron chi connectivity index (χ0n) is 7.22. The summed E-state index contributed by atoms with van der Waals surface area (Å²) in [4.78, 5) is 2.30. The standard InChI is InChI=1S/C6H8OS.C2H7N/c1-5-2-3-6(4-7)8-5;1-3-2/h2-3,7H,4H2,1H3;3H,1-2H3. The van der Waals surface area contributed by atoms with Gasteiger partial charge < -0.3 is 10.4 Å². The number of nitrogens with one attached hydrogen (secondary N) is 1. The highest BCUT2D eigenvalue weighted by molar-refractivity contribution is 7.11. The molecule has 11 heavy (non-hydrogen) atoms. The van der Waals surface area contributed by atoms with Gasteiger partial charge in [0.15, 0.2) is 0 Å². The Kier molecular flexibility index (Phi) is 6.12. The van der Waals surface area contributed by atoms with Gasteiger partial charge in [0.1, 0.15) is 0 Å². The molecule has 0 atom stereocenters. The summed E-state index contributed by atoms with van der Waals surface area (Å²) in [5.74, 6) is 0. The Morgan fingerprint density at radius 2 is 2.00 bits per heavy atom. The van der Waals surface area contributed by atoms with E-state index < -0.39 is 0 Å². The summed E-state index contributed by atoms with van der Waals surface area (Å²) in [6.07, 6.45) is 0. The first-order valence-electron chi connectivity index (χ1n) is 3.49. The van der Waals surface area contributed by atoms with E-state index in [0.29, 0.717) is 0 Å². The monoisotopic (exact) mass is 173 g/mol. The Balaban J connectivity index is 0.000000292. The molecule has 0 spiro atoms. The van der Waals surface area contributed by atoms with Gasteiger partial charge in [-0.05, 0) is 33.2 Å². The lowest BCUT2D eigenvalue weighted by Gasteiger charge is -1.80. The van der Waals surface area contributed by atoms with Crippen molar-refractivity contribution in [2.45, 2.75) is 13.5 Å². The van der Waals surface area contributed by atoms with Gasteiger partial charge in [-0.15, -0.1) is 11.3 Å². The molecule has 0 fully saturated rings. The predicted molar refractivity (Wildman–Crippen MR) is 50.0 cm³/mol. The lowest BCUT2D eigenvalue weighted by Crippen LogP contribution is -1.89. The topological polar surface area (TPSA) is 32.3 Å². The second-order valence-corrected chi connectivity index (χ2v) is 3.54. The Labute approximate surface area is 71.9 Å². The minimum Gasteiger partial charge on any atom is -0.391 e. The molecule has 0 saturated heterocycles. The van der Waals surface area contributed by atoms with E-state index in [1.807, 2.05) is 33.2 Å². The molecule has 0 amide bonds. The van der Waals surface area contributed by atoms with Crippen molar-refractivity contribution in [1.29, 1.82) is 0 Å². The smallest absolute Gasteiger partial charge is 0.0774 e. The van der Waals surface area contributed by atoms with Gasteiger partial charge in [-0.2, -0.15) is 0 Å². The van der Waals surface area contributed by atoms with Crippen LogP contribution >= 0.6 is 11.3 Å². The van der Waals surface area contributed by atoms with Crippen molar-refractivity contribution in [1.82, 2.24) is 5.32 Å². The van der Waals surface area contributed by atoms with Crippen molar-refractivity contribution in [3.63, 3.8) is 0 Å². The summed E-state index contributed by atoms with van der Waals surface area (Å²) < 4.78 is 0. The lowest BCUT2D eigenvalue weighted by atomic mass is 10.4. The van der Waals surface area contributed by atoms with Crippen LogP contribution in [0.1, 0.15) is 9.75 Å². The quantitative estimate of drug-likeness (QED) is 0.672. The summed E-state index contributed by atoms with van der Waals surface area (Å²) in [6.45, 7) is 2.21. The molecule has 0 aliphatic carbocycles. The molecule has 0 aliphatic rings. The van der Waals surface area contributed by atoms with Crippen molar-refractivity contribution >= 4 is 11.3 Å². The predicted octanol–water partition coefficient (Wildman–Crippen LogP) is 1.38. The number of aliphatic hydroxyl groups is 1. The third-order valence-corrected chi connectivity index (χ3v) is 1.94. The molecule has 0 aliphatic heterocycles. The third-order valence-electron chi connectivity index (χ3n) is 0.952. The van der Waals surface area contributed by atoms with Gasteiger partial charge >= 0.3 is 0 Å². The van der Waals surface area contributed by atoms with Crippen LogP contribution in [0.25, 0.3) is 0 Å². The van der Waals surface area contributed by atoms with E-state index in [1.165, 1.54) is 4.88 Å². The molecule has 0 aromatic carbocycles. The van der Waals surface area contributed by atoms with Gasteiger partial charge in [-0.25, -0.2) is 0 Å². The molecular formula is C8H15NOS. The lowest BCUT2D eigenvalue weighted by molar-refractivity contribution is 0.285. The largest absolute Gasteiger partial charge is 0.391 e. The van der Waals surface area contributed by atoms with E-state index in [4.69, 9.17) is 5.11 Å². The summed E-state index contributed by atoms with van der Waals surface area (Å²) >= 11 is 1.64. The summed E-state index contributed by atoms with van der Waals surface area (Å²) in [5.41, 5.74) is 0. The van der Waals surface area contributed by atoms with Gasteiger partial charge in [0.2, 0.25) is 0 Å². The third kappa shape index (κ3) is 4.95. The molecule has 2 N–H and O–H groups in total. The number of hydrogen-bond donors (Lipinski definition) is 2.